The van der Waals surface area contributed by atoms with Crippen molar-refractivity contribution in [1.82, 2.24) is 9.88 Å². The van der Waals surface area contributed by atoms with Gasteiger partial charge in [0.05, 0.1) is 12.9 Å². The van der Waals surface area contributed by atoms with Gasteiger partial charge in [-0.05, 0) is 31.5 Å². The number of hydrogen-bond acceptors (Lipinski definition) is 7. The largest absolute Gasteiger partial charge is 0.495 e. The van der Waals surface area contributed by atoms with Gasteiger partial charge in [0.2, 0.25) is 20.0 Å². The van der Waals surface area contributed by atoms with E-state index in [2.05, 4.69) is 14.6 Å². The van der Waals surface area contributed by atoms with Crippen molar-refractivity contribution in [3.63, 3.8) is 0 Å². The predicted molar refractivity (Wildman–Crippen MR) is 91.6 cm³/mol. The van der Waals surface area contributed by atoms with Gasteiger partial charge in [-0.25, -0.2) is 21.6 Å². The van der Waals surface area contributed by atoms with Gasteiger partial charge in [-0.1, -0.05) is 11.2 Å². The molecule has 138 valence electrons. The molecule has 0 saturated heterocycles. The van der Waals surface area contributed by atoms with E-state index in [1.807, 2.05) is 0 Å². The maximum atomic E-state index is 12.4. The van der Waals surface area contributed by atoms with Crippen molar-refractivity contribution >= 4 is 25.9 Å². The number of sulfonamides is 2. The summed E-state index contributed by atoms with van der Waals surface area (Å²) in [6, 6.07) is 6.12. The van der Waals surface area contributed by atoms with E-state index in [4.69, 9.17) is 9.26 Å². The lowest BCUT2D eigenvalue weighted by molar-refractivity contribution is 0.400. The van der Waals surface area contributed by atoms with Crippen molar-refractivity contribution < 1.29 is 26.1 Å². The summed E-state index contributed by atoms with van der Waals surface area (Å²) < 4.78 is 62.9. The van der Waals surface area contributed by atoms with E-state index in [-0.39, 0.29) is 23.0 Å². The fourth-order valence-corrected chi connectivity index (χ4v) is 4.31. The summed E-state index contributed by atoms with van der Waals surface area (Å²) in [5.41, 5.74) is 0.733. The molecule has 2 N–H and O–H groups in total. The van der Waals surface area contributed by atoms with Crippen molar-refractivity contribution in [2.75, 3.05) is 24.1 Å². The van der Waals surface area contributed by atoms with Crippen molar-refractivity contribution in [2.45, 2.75) is 18.7 Å². The first kappa shape index (κ1) is 19.2. The molecule has 0 unspecified atom stereocenters. The van der Waals surface area contributed by atoms with Crippen LogP contribution in [0.25, 0.3) is 0 Å². The van der Waals surface area contributed by atoms with Crippen LogP contribution in [0.4, 0.5) is 5.82 Å². The molecule has 9 nitrogen and oxygen atoms in total. The summed E-state index contributed by atoms with van der Waals surface area (Å²) in [4.78, 5) is -0.0486. The highest BCUT2D eigenvalue weighted by Gasteiger charge is 2.21. The third-order valence-electron chi connectivity index (χ3n) is 3.16. The molecule has 0 aliphatic heterocycles. The fourth-order valence-electron chi connectivity index (χ4n) is 2.01. The molecule has 1 aromatic heterocycles. The first-order chi connectivity index (χ1) is 11.6. The lowest BCUT2D eigenvalue weighted by Gasteiger charge is -2.11. The zero-order valence-electron chi connectivity index (χ0n) is 13.9. The third-order valence-corrected chi connectivity index (χ3v) is 5.90. The van der Waals surface area contributed by atoms with E-state index in [1.165, 1.54) is 25.3 Å². The summed E-state index contributed by atoms with van der Waals surface area (Å²) in [5, 5.41) is 3.52. The Hall–Kier alpha value is -2.11. The molecule has 2 aromatic rings. The first-order valence-corrected chi connectivity index (χ1v) is 10.3. The molecule has 0 atom stereocenters. The zero-order chi connectivity index (χ0) is 18.7. The van der Waals surface area contributed by atoms with Crippen LogP contribution in [-0.4, -0.2) is 41.4 Å². The van der Waals surface area contributed by atoms with Gasteiger partial charge in [0.15, 0.2) is 5.82 Å². The Kier molecular flexibility index (Phi) is 5.70. The molecule has 0 aliphatic rings. The molecule has 0 bridgehead atoms. The maximum absolute atomic E-state index is 12.4. The van der Waals surface area contributed by atoms with Crippen LogP contribution in [0.15, 0.2) is 33.7 Å². The van der Waals surface area contributed by atoms with Crippen molar-refractivity contribution in [3.8, 4) is 5.75 Å². The Labute approximate surface area is 146 Å². The fraction of sp³-hybridized carbons (Fsp3) is 0.357. The number of aromatic nitrogens is 1. The maximum Gasteiger partial charge on any atom is 0.244 e. The van der Waals surface area contributed by atoms with E-state index in [0.29, 0.717) is 5.76 Å². The van der Waals surface area contributed by atoms with Crippen LogP contribution in [0, 0.1) is 13.8 Å². The molecule has 1 heterocycles. The monoisotopic (exact) mass is 389 g/mol. The van der Waals surface area contributed by atoms with Crippen LogP contribution in [0.3, 0.4) is 0 Å². The number of ether oxygens (including phenoxy) is 1. The highest BCUT2D eigenvalue weighted by molar-refractivity contribution is 7.92. The van der Waals surface area contributed by atoms with Gasteiger partial charge in [-0.3, -0.25) is 4.72 Å². The minimum absolute atomic E-state index is 0.0423. The van der Waals surface area contributed by atoms with Crippen LogP contribution < -0.4 is 14.2 Å². The number of nitrogens with one attached hydrogen (secondary N) is 2. The molecule has 0 spiro atoms. The Morgan fingerprint density at radius 3 is 2.48 bits per heavy atom. The highest BCUT2D eigenvalue weighted by Crippen LogP contribution is 2.24. The van der Waals surface area contributed by atoms with E-state index < -0.39 is 25.8 Å². The minimum Gasteiger partial charge on any atom is -0.495 e. The lowest BCUT2D eigenvalue weighted by atomic mass is 10.2. The Morgan fingerprint density at radius 1 is 1.16 bits per heavy atom. The van der Waals surface area contributed by atoms with Gasteiger partial charge in [-0.15, -0.1) is 0 Å². The van der Waals surface area contributed by atoms with Gasteiger partial charge in [0, 0.05) is 12.6 Å². The van der Waals surface area contributed by atoms with Crippen molar-refractivity contribution in [3.05, 3.63) is 35.6 Å². The lowest BCUT2D eigenvalue weighted by Crippen LogP contribution is -2.31. The minimum atomic E-state index is -3.92. The summed E-state index contributed by atoms with van der Waals surface area (Å²) in [7, 11) is -6.34. The molecular formula is C14H19N3O6S2. The molecule has 0 fully saturated rings. The first-order valence-electron chi connectivity index (χ1n) is 7.21. The molecular weight excluding hydrogens is 370 g/mol. The van der Waals surface area contributed by atoms with Crippen LogP contribution in [-0.2, 0) is 20.0 Å². The topological polar surface area (TPSA) is 128 Å². The second-order valence-corrected chi connectivity index (χ2v) is 8.87. The molecule has 25 heavy (non-hydrogen) atoms. The summed E-state index contributed by atoms with van der Waals surface area (Å²) in [6.07, 6.45) is 0. The molecule has 0 aliphatic carbocycles. The molecule has 0 radical (unpaired) electrons. The van der Waals surface area contributed by atoms with E-state index in [1.54, 1.807) is 19.9 Å². The average Bonchev–Trinajstić information content (AvgIpc) is 2.91. The van der Waals surface area contributed by atoms with Gasteiger partial charge in [0.1, 0.15) is 16.4 Å². The standard InChI is InChI=1S/C14H19N3O6S2/c1-10-4-5-12(22-3)13(8-10)25(20,21)15-6-7-24(18,19)17-14-9-11(2)23-16-14/h4-5,8-9,15H,6-7H2,1-3H3,(H,16,17). The molecule has 2 rings (SSSR count). The van der Waals surface area contributed by atoms with Crippen molar-refractivity contribution in [1.29, 1.82) is 0 Å². The van der Waals surface area contributed by atoms with E-state index in [9.17, 15) is 16.8 Å². The van der Waals surface area contributed by atoms with Crippen LogP contribution in [0.1, 0.15) is 11.3 Å². The highest BCUT2D eigenvalue weighted by atomic mass is 32.2. The van der Waals surface area contributed by atoms with Crippen LogP contribution in [0.2, 0.25) is 0 Å². The number of aryl methyl sites for hydroxylation is 2. The van der Waals surface area contributed by atoms with E-state index in [0.717, 1.165) is 5.56 Å². The normalized spacial score (nSPS) is 12.1. The summed E-state index contributed by atoms with van der Waals surface area (Å²) >= 11 is 0. The van der Waals surface area contributed by atoms with Gasteiger partial charge >= 0.3 is 0 Å². The zero-order valence-corrected chi connectivity index (χ0v) is 15.6. The Bertz CT molecular complexity index is 951. The van der Waals surface area contributed by atoms with Gasteiger partial charge in [0.25, 0.3) is 0 Å². The number of rotatable bonds is 8. The van der Waals surface area contributed by atoms with Gasteiger partial charge < -0.3 is 9.26 Å². The number of methoxy groups -OCH3 is 1. The number of benzene rings is 1. The SMILES string of the molecule is COc1ccc(C)cc1S(=O)(=O)NCCS(=O)(=O)Nc1cc(C)on1. The van der Waals surface area contributed by atoms with Crippen LogP contribution >= 0.6 is 0 Å². The third kappa shape index (κ3) is 5.18. The smallest absolute Gasteiger partial charge is 0.244 e. The van der Waals surface area contributed by atoms with E-state index >= 15 is 0 Å². The Morgan fingerprint density at radius 2 is 1.88 bits per heavy atom. The van der Waals surface area contributed by atoms with Crippen molar-refractivity contribution in [2.24, 2.45) is 0 Å². The quantitative estimate of drug-likeness (QED) is 0.690. The predicted octanol–water partition coefficient (Wildman–Crippen LogP) is 1.02. The second-order valence-electron chi connectivity index (χ2n) is 5.30. The average molecular weight is 389 g/mol. The number of nitrogens with zero attached hydrogens (tertiary/aromatic N) is 1. The number of anilines is 1. The van der Waals surface area contributed by atoms with Gasteiger partial charge in [-0.2, -0.15) is 0 Å². The summed E-state index contributed by atoms with van der Waals surface area (Å²) in [5.74, 6) is 0.203. The Balaban J connectivity index is 2.04. The molecule has 0 saturated carbocycles. The summed E-state index contributed by atoms with van der Waals surface area (Å²) in [6.45, 7) is 3.05. The molecule has 0 amide bonds. The molecule has 1 aromatic carbocycles. The number of hydrogen-bond donors (Lipinski definition) is 2. The molecule has 11 heteroatoms. The van der Waals surface area contributed by atoms with Crippen LogP contribution in [0.5, 0.6) is 5.75 Å². The second kappa shape index (κ2) is 7.42.